The van der Waals surface area contributed by atoms with Crippen LogP contribution in [0.25, 0.3) is 0 Å². The first-order valence-corrected chi connectivity index (χ1v) is 5.58. The molecule has 0 amide bonds. The van der Waals surface area contributed by atoms with Gasteiger partial charge in [0.05, 0.1) is 6.10 Å². The van der Waals surface area contributed by atoms with Crippen molar-refractivity contribution in [3.63, 3.8) is 0 Å². The number of aliphatic hydroxyl groups excluding tert-OH is 1. The second kappa shape index (κ2) is 4.80. The maximum absolute atomic E-state index is 9.66. The molecule has 1 atom stereocenters. The summed E-state index contributed by atoms with van der Waals surface area (Å²) in [7, 11) is 1.70. The van der Waals surface area contributed by atoms with Gasteiger partial charge in [0.25, 0.3) is 0 Å². The zero-order chi connectivity index (χ0) is 11.5. The van der Waals surface area contributed by atoms with Crippen molar-refractivity contribution in [2.24, 2.45) is 5.92 Å². The third-order valence-corrected chi connectivity index (χ3v) is 2.64. The lowest BCUT2D eigenvalue weighted by Gasteiger charge is -2.10. The summed E-state index contributed by atoms with van der Waals surface area (Å²) in [6.07, 6.45) is 1.86. The van der Waals surface area contributed by atoms with Gasteiger partial charge in [-0.25, -0.2) is 0 Å². The summed E-state index contributed by atoms with van der Waals surface area (Å²) in [5.41, 5.74) is 0. The minimum Gasteiger partial charge on any atom is -0.391 e. The molecule has 1 aliphatic rings. The van der Waals surface area contributed by atoms with E-state index in [1.165, 1.54) is 0 Å². The third-order valence-electron chi connectivity index (χ3n) is 2.47. The highest BCUT2D eigenvalue weighted by atomic mass is 35.5. The van der Waals surface area contributed by atoms with E-state index in [-0.39, 0.29) is 11.4 Å². The average molecular weight is 244 g/mol. The predicted molar refractivity (Wildman–Crippen MR) is 61.6 cm³/mol. The first-order valence-electron chi connectivity index (χ1n) is 5.20. The standard InChI is InChI=1S/C9H14ClN5O/c1-11-8-13-7(10)14-9(15-8)12-4-6(16)5-2-3-5/h5-6,16H,2-4H2,1H3,(H2,11,12,13,14,15). The number of nitrogens with zero attached hydrogens (tertiary/aromatic N) is 3. The highest BCUT2D eigenvalue weighted by Crippen LogP contribution is 2.32. The second-order valence-corrected chi connectivity index (χ2v) is 4.13. The van der Waals surface area contributed by atoms with Crippen LogP contribution in [-0.2, 0) is 0 Å². The Morgan fingerprint density at radius 3 is 2.69 bits per heavy atom. The Balaban J connectivity index is 1.94. The first kappa shape index (κ1) is 11.3. The summed E-state index contributed by atoms with van der Waals surface area (Å²) in [6, 6.07) is 0. The van der Waals surface area contributed by atoms with Crippen LogP contribution in [0.1, 0.15) is 12.8 Å². The van der Waals surface area contributed by atoms with Crippen molar-refractivity contribution in [1.29, 1.82) is 0 Å². The SMILES string of the molecule is CNc1nc(Cl)nc(NCC(O)C2CC2)n1. The van der Waals surface area contributed by atoms with E-state index in [9.17, 15) is 5.11 Å². The number of hydrogen-bond donors (Lipinski definition) is 3. The maximum Gasteiger partial charge on any atom is 0.228 e. The Labute approximate surface area is 98.5 Å². The fraction of sp³-hybridized carbons (Fsp3) is 0.667. The van der Waals surface area contributed by atoms with E-state index in [1.807, 2.05) is 0 Å². The van der Waals surface area contributed by atoms with Gasteiger partial charge in [-0.2, -0.15) is 15.0 Å². The Hall–Kier alpha value is -1.14. The van der Waals surface area contributed by atoms with Crippen molar-refractivity contribution in [1.82, 2.24) is 15.0 Å². The van der Waals surface area contributed by atoms with Crippen LogP contribution in [0.15, 0.2) is 0 Å². The van der Waals surface area contributed by atoms with Crippen LogP contribution in [-0.4, -0.2) is 39.8 Å². The van der Waals surface area contributed by atoms with E-state index in [2.05, 4.69) is 25.6 Å². The molecule has 0 radical (unpaired) electrons. The molecule has 6 nitrogen and oxygen atoms in total. The van der Waals surface area contributed by atoms with Crippen molar-refractivity contribution < 1.29 is 5.11 Å². The highest BCUT2D eigenvalue weighted by molar-refractivity contribution is 6.28. The van der Waals surface area contributed by atoms with Gasteiger partial charge >= 0.3 is 0 Å². The number of hydrogen-bond acceptors (Lipinski definition) is 6. The molecule has 1 aromatic heterocycles. The van der Waals surface area contributed by atoms with Crippen molar-refractivity contribution in [3.05, 3.63) is 5.28 Å². The molecule has 16 heavy (non-hydrogen) atoms. The number of halogens is 1. The van der Waals surface area contributed by atoms with Crippen LogP contribution in [0.4, 0.5) is 11.9 Å². The molecule has 1 aliphatic carbocycles. The molecule has 0 aliphatic heterocycles. The molecular weight excluding hydrogens is 230 g/mol. The Bertz CT molecular complexity index is 371. The monoisotopic (exact) mass is 243 g/mol. The molecule has 1 heterocycles. The van der Waals surface area contributed by atoms with Crippen molar-refractivity contribution in [2.45, 2.75) is 18.9 Å². The zero-order valence-electron chi connectivity index (χ0n) is 8.94. The van der Waals surface area contributed by atoms with Gasteiger partial charge in [0, 0.05) is 13.6 Å². The molecule has 1 aromatic rings. The van der Waals surface area contributed by atoms with Gasteiger partial charge in [0.1, 0.15) is 0 Å². The van der Waals surface area contributed by atoms with E-state index in [0.29, 0.717) is 24.4 Å². The van der Waals surface area contributed by atoms with Gasteiger partial charge in [0.15, 0.2) is 0 Å². The fourth-order valence-electron chi connectivity index (χ4n) is 1.38. The molecule has 0 aromatic carbocycles. The molecule has 0 spiro atoms. The van der Waals surface area contributed by atoms with Crippen LogP contribution in [0.2, 0.25) is 5.28 Å². The van der Waals surface area contributed by atoms with Crippen molar-refractivity contribution in [2.75, 3.05) is 24.2 Å². The number of nitrogens with one attached hydrogen (secondary N) is 2. The number of anilines is 2. The van der Waals surface area contributed by atoms with Crippen molar-refractivity contribution in [3.8, 4) is 0 Å². The molecule has 0 saturated heterocycles. The van der Waals surface area contributed by atoms with E-state index in [4.69, 9.17) is 11.6 Å². The Kier molecular flexibility index (Phi) is 3.40. The van der Waals surface area contributed by atoms with Crippen LogP contribution < -0.4 is 10.6 Å². The van der Waals surface area contributed by atoms with Gasteiger partial charge in [-0.05, 0) is 30.4 Å². The molecular formula is C9H14ClN5O. The first-order chi connectivity index (χ1) is 7.69. The average Bonchev–Trinajstić information content (AvgIpc) is 3.08. The Morgan fingerprint density at radius 2 is 2.06 bits per heavy atom. The minimum atomic E-state index is -0.339. The minimum absolute atomic E-state index is 0.128. The number of aromatic nitrogens is 3. The largest absolute Gasteiger partial charge is 0.391 e. The lowest BCUT2D eigenvalue weighted by atomic mass is 10.2. The van der Waals surface area contributed by atoms with Gasteiger partial charge in [-0.1, -0.05) is 0 Å². The van der Waals surface area contributed by atoms with Crippen LogP contribution in [0, 0.1) is 5.92 Å². The summed E-state index contributed by atoms with van der Waals surface area (Å²) >= 11 is 5.71. The smallest absolute Gasteiger partial charge is 0.228 e. The summed E-state index contributed by atoms with van der Waals surface area (Å²) in [5.74, 6) is 1.21. The van der Waals surface area contributed by atoms with Crippen molar-refractivity contribution >= 4 is 23.5 Å². The zero-order valence-corrected chi connectivity index (χ0v) is 9.70. The fourth-order valence-corrected chi connectivity index (χ4v) is 1.54. The molecule has 3 N–H and O–H groups in total. The van der Waals surface area contributed by atoms with Gasteiger partial charge in [0.2, 0.25) is 17.2 Å². The summed E-state index contributed by atoms with van der Waals surface area (Å²) < 4.78 is 0. The second-order valence-electron chi connectivity index (χ2n) is 3.79. The van der Waals surface area contributed by atoms with E-state index >= 15 is 0 Å². The quantitative estimate of drug-likeness (QED) is 0.708. The number of aliphatic hydroxyl groups is 1. The van der Waals surface area contributed by atoms with Gasteiger partial charge < -0.3 is 15.7 Å². The maximum atomic E-state index is 9.66. The Morgan fingerprint density at radius 1 is 1.38 bits per heavy atom. The summed E-state index contributed by atoms with van der Waals surface area (Å²) in [5, 5.41) is 15.5. The van der Waals surface area contributed by atoms with Crippen LogP contribution >= 0.6 is 11.6 Å². The van der Waals surface area contributed by atoms with Gasteiger partial charge in [-0.3, -0.25) is 0 Å². The molecule has 1 unspecified atom stereocenters. The van der Waals surface area contributed by atoms with E-state index < -0.39 is 0 Å². The molecule has 0 bridgehead atoms. The molecule has 2 rings (SSSR count). The highest BCUT2D eigenvalue weighted by Gasteiger charge is 2.29. The predicted octanol–water partition coefficient (Wildman–Crippen LogP) is 0.749. The summed E-state index contributed by atoms with van der Waals surface area (Å²) in [4.78, 5) is 11.8. The number of rotatable bonds is 5. The molecule has 88 valence electrons. The van der Waals surface area contributed by atoms with Crippen LogP contribution in [0.5, 0.6) is 0 Å². The van der Waals surface area contributed by atoms with Crippen LogP contribution in [0.3, 0.4) is 0 Å². The lowest BCUT2D eigenvalue weighted by Crippen LogP contribution is -2.22. The third kappa shape index (κ3) is 2.93. The summed E-state index contributed by atoms with van der Waals surface area (Å²) in [6.45, 7) is 0.439. The molecule has 1 saturated carbocycles. The topological polar surface area (TPSA) is 83.0 Å². The molecule has 1 fully saturated rings. The van der Waals surface area contributed by atoms with Gasteiger partial charge in [-0.15, -0.1) is 0 Å². The van der Waals surface area contributed by atoms with E-state index in [0.717, 1.165) is 12.8 Å². The molecule has 7 heteroatoms. The van der Waals surface area contributed by atoms with E-state index in [1.54, 1.807) is 7.05 Å². The normalized spacial score (nSPS) is 16.9. The lowest BCUT2D eigenvalue weighted by molar-refractivity contribution is 0.164.